The molecule has 1 aliphatic rings. The minimum atomic E-state index is -0.0661. The molecule has 1 aromatic carbocycles. The van der Waals surface area contributed by atoms with E-state index in [-0.39, 0.29) is 18.6 Å². The lowest BCUT2D eigenvalue weighted by atomic mass is 10.2. The summed E-state index contributed by atoms with van der Waals surface area (Å²) in [6, 6.07) is 7.40. The second-order valence-corrected chi connectivity index (χ2v) is 6.86. The zero-order valence-electron chi connectivity index (χ0n) is 12.3. The van der Waals surface area contributed by atoms with E-state index < -0.39 is 0 Å². The number of aliphatic hydroxyl groups excluding tert-OH is 1. The molecule has 1 amide bonds. The van der Waals surface area contributed by atoms with Gasteiger partial charge in [0, 0.05) is 17.1 Å². The SMILES string of the molecule is Cc1nc(-c2cccc(Cl)c2)sc1C(=O)N1CCC[C@@H]1CO. The van der Waals surface area contributed by atoms with Gasteiger partial charge >= 0.3 is 0 Å². The first-order valence-electron chi connectivity index (χ1n) is 7.25. The fraction of sp³-hybridized carbons (Fsp3) is 0.375. The number of aromatic nitrogens is 1. The van der Waals surface area contributed by atoms with Gasteiger partial charge in [0.15, 0.2) is 0 Å². The van der Waals surface area contributed by atoms with Gasteiger partial charge < -0.3 is 10.0 Å². The molecule has 0 radical (unpaired) electrons. The third kappa shape index (κ3) is 2.89. The molecule has 1 atom stereocenters. The van der Waals surface area contributed by atoms with Crippen LogP contribution in [0.25, 0.3) is 10.6 Å². The number of carbonyl (C=O) groups is 1. The molecule has 3 rings (SSSR count). The Morgan fingerprint density at radius 1 is 1.55 bits per heavy atom. The van der Waals surface area contributed by atoms with Crippen molar-refractivity contribution in [2.24, 2.45) is 0 Å². The van der Waals surface area contributed by atoms with Crippen LogP contribution in [-0.4, -0.2) is 40.1 Å². The zero-order chi connectivity index (χ0) is 15.7. The van der Waals surface area contributed by atoms with Gasteiger partial charge in [0.05, 0.1) is 18.3 Å². The molecular weight excluding hydrogens is 320 g/mol. The quantitative estimate of drug-likeness (QED) is 0.935. The Morgan fingerprint density at radius 2 is 2.36 bits per heavy atom. The summed E-state index contributed by atoms with van der Waals surface area (Å²) in [5.74, 6) is -0.0279. The zero-order valence-corrected chi connectivity index (χ0v) is 13.8. The molecular formula is C16H17ClN2O2S. The lowest BCUT2D eigenvalue weighted by Crippen LogP contribution is -2.37. The lowest BCUT2D eigenvalue weighted by molar-refractivity contribution is 0.0681. The normalized spacial score (nSPS) is 18.0. The molecule has 0 unspecified atom stereocenters. The second kappa shape index (κ2) is 6.36. The molecule has 0 aliphatic carbocycles. The van der Waals surface area contributed by atoms with Crippen molar-refractivity contribution in [2.45, 2.75) is 25.8 Å². The van der Waals surface area contributed by atoms with Crippen molar-refractivity contribution in [1.29, 1.82) is 0 Å². The van der Waals surface area contributed by atoms with Crippen LogP contribution < -0.4 is 0 Å². The first kappa shape index (κ1) is 15.5. The monoisotopic (exact) mass is 336 g/mol. The number of rotatable bonds is 3. The van der Waals surface area contributed by atoms with E-state index in [1.54, 1.807) is 4.90 Å². The average Bonchev–Trinajstić information content (AvgIpc) is 3.12. The van der Waals surface area contributed by atoms with Crippen LogP contribution in [0.1, 0.15) is 28.2 Å². The maximum absolute atomic E-state index is 12.7. The van der Waals surface area contributed by atoms with Crippen LogP contribution in [0.3, 0.4) is 0 Å². The fourth-order valence-electron chi connectivity index (χ4n) is 2.76. The summed E-state index contributed by atoms with van der Waals surface area (Å²) in [6.07, 6.45) is 1.80. The highest BCUT2D eigenvalue weighted by Gasteiger charge is 2.31. The first-order valence-corrected chi connectivity index (χ1v) is 8.45. The number of hydrogen-bond acceptors (Lipinski definition) is 4. The third-order valence-electron chi connectivity index (χ3n) is 3.91. The highest BCUT2D eigenvalue weighted by molar-refractivity contribution is 7.17. The molecule has 2 aromatic rings. The van der Waals surface area contributed by atoms with Gasteiger partial charge in [0.2, 0.25) is 0 Å². The van der Waals surface area contributed by atoms with E-state index in [0.717, 1.165) is 29.1 Å². The van der Waals surface area contributed by atoms with Crippen LogP contribution in [-0.2, 0) is 0 Å². The number of likely N-dealkylation sites (tertiary alicyclic amines) is 1. The van der Waals surface area contributed by atoms with Gasteiger partial charge in [0.1, 0.15) is 9.88 Å². The molecule has 1 saturated heterocycles. The van der Waals surface area contributed by atoms with Gasteiger partial charge in [-0.3, -0.25) is 4.79 Å². The van der Waals surface area contributed by atoms with Crippen molar-refractivity contribution in [3.63, 3.8) is 0 Å². The number of thiazole rings is 1. The summed E-state index contributed by atoms with van der Waals surface area (Å²) in [7, 11) is 0. The van der Waals surface area contributed by atoms with E-state index in [1.165, 1.54) is 11.3 Å². The largest absolute Gasteiger partial charge is 0.394 e. The summed E-state index contributed by atoms with van der Waals surface area (Å²) < 4.78 is 0. The van der Waals surface area contributed by atoms with E-state index in [0.29, 0.717) is 16.4 Å². The molecule has 0 bridgehead atoms. The summed E-state index contributed by atoms with van der Waals surface area (Å²) in [6.45, 7) is 2.57. The predicted molar refractivity (Wildman–Crippen MR) is 88.4 cm³/mol. The molecule has 22 heavy (non-hydrogen) atoms. The van der Waals surface area contributed by atoms with Crippen LogP contribution >= 0.6 is 22.9 Å². The molecule has 1 N–H and O–H groups in total. The van der Waals surface area contributed by atoms with Crippen LogP contribution in [0.4, 0.5) is 0 Å². The average molecular weight is 337 g/mol. The number of benzene rings is 1. The van der Waals surface area contributed by atoms with Crippen molar-refractivity contribution >= 4 is 28.8 Å². The van der Waals surface area contributed by atoms with E-state index in [1.807, 2.05) is 31.2 Å². The molecule has 2 heterocycles. The summed E-state index contributed by atoms with van der Waals surface area (Å²) in [4.78, 5) is 19.6. The van der Waals surface area contributed by atoms with Crippen molar-refractivity contribution in [2.75, 3.05) is 13.2 Å². The Hall–Kier alpha value is -1.43. The highest BCUT2D eigenvalue weighted by Crippen LogP contribution is 2.31. The fourth-order valence-corrected chi connectivity index (χ4v) is 3.97. The number of amides is 1. The van der Waals surface area contributed by atoms with Crippen LogP contribution in [0.2, 0.25) is 5.02 Å². The summed E-state index contributed by atoms with van der Waals surface area (Å²) in [5, 5.41) is 10.8. The maximum Gasteiger partial charge on any atom is 0.266 e. The molecule has 1 fully saturated rings. The van der Waals surface area contributed by atoms with Crippen LogP contribution in [0.5, 0.6) is 0 Å². The van der Waals surface area contributed by atoms with Gasteiger partial charge in [-0.1, -0.05) is 23.7 Å². The molecule has 1 aromatic heterocycles. The lowest BCUT2D eigenvalue weighted by Gasteiger charge is -2.22. The van der Waals surface area contributed by atoms with Crippen LogP contribution in [0, 0.1) is 6.92 Å². The van der Waals surface area contributed by atoms with E-state index in [9.17, 15) is 9.90 Å². The minimum Gasteiger partial charge on any atom is -0.394 e. The molecule has 116 valence electrons. The number of hydrogen-bond donors (Lipinski definition) is 1. The predicted octanol–water partition coefficient (Wildman–Crippen LogP) is 3.37. The minimum absolute atomic E-state index is 0.0186. The molecule has 1 aliphatic heterocycles. The third-order valence-corrected chi connectivity index (χ3v) is 5.34. The Morgan fingerprint density at radius 3 is 3.09 bits per heavy atom. The highest BCUT2D eigenvalue weighted by atomic mass is 35.5. The number of aliphatic hydroxyl groups is 1. The van der Waals surface area contributed by atoms with E-state index in [2.05, 4.69) is 4.98 Å². The Bertz CT molecular complexity index is 701. The summed E-state index contributed by atoms with van der Waals surface area (Å²) in [5.41, 5.74) is 1.65. The number of halogens is 1. The molecule has 4 nitrogen and oxygen atoms in total. The van der Waals surface area contributed by atoms with Gasteiger partial charge in [0.25, 0.3) is 5.91 Å². The number of nitrogens with zero attached hydrogens (tertiary/aromatic N) is 2. The molecule has 6 heteroatoms. The smallest absolute Gasteiger partial charge is 0.266 e. The van der Waals surface area contributed by atoms with Crippen molar-refractivity contribution in [3.8, 4) is 10.6 Å². The number of carbonyl (C=O) groups excluding carboxylic acids is 1. The van der Waals surface area contributed by atoms with E-state index >= 15 is 0 Å². The van der Waals surface area contributed by atoms with Crippen LogP contribution in [0.15, 0.2) is 24.3 Å². The second-order valence-electron chi connectivity index (χ2n) is 5.42. The van der Waals surface area contributed by atoms with Crippen molar-refractivity contribution in [3.05, 3.63) is 39.9 Å². The Kier molecular flexibility index (Phi) is 4.47. The van der Waals surface area contributed by atoms with Crippen molar-refractivity contribution in [1.82, 2.24) is 9.88 Å². The van der Waals surface area contributed by atoms with Crippen molar-refractivity contribution < 1.29 is 9.90 Å². The van der Waals surface area contributed by atoms with Gasteiger partial charge in [-0.25, -0.2) is 4.98 Å². The number of aryl methyl sites for hydroxylation is 1. The topological polar surface area (TPSA) is 53.4 Å². The van der Waals surface area contributed by atoms with E-state index in [4.69, 9.17) is 11.6 Å². The summed E-state index contributed by atoms with van der Waals surface area (Å²) >= 11 is 7.41. The first-order chi connectivity index (χ1) is 10.6. The standard InChI is InChI=1S/C16H17ClN2O2S/c1-10-14(16(21)19-7-3-6-13(19)9-20)22-15(18-10)11-4-2-5-12(17)8-11/h2,4-5,8,13,20H,3,6-7,9H2,1H3/t13-/m1/s1. The van der Waals surface area contributed by atoms with Gasteiger partial charge in [-0.05, 0) is 31.9 Å². The maximum atomic E-state index is 12.7. The molecule has 0 spiro atoms. The molecule has 0 saturated carbocycles. The Labute approximate surface area is 138 Å². The van der Waals surface area contributed by atoms with Gasteiger partial charge in [-0.15, -0.1) is 11.3 Å². The Balaban J connectivity index is 1.91. The van der Waals surface area contributed by atoms with Gasteiger partial charge in [-0.2, -0.15) is 0 Å².